The van der Waals surface area contributed by atoms with Crippen molar-refractivity contribution in [1.29, 1.82) is 0 Å². The van der Waals surface area contributed by atoms with Gasteiger partial charge in [-0.25, -0.2) is 0 Å². The molecule has 9 heavy (non-hydrogen) atoms. The van der Waals surface area contributed by atoms with Crippen LogP contribution in [-0.4, -0.2) is 11.3 Å². The molecular weight excluding hydrogens is 138 g/mol. The van der Waals surface area contributed by atoms with E-state index in [1.807, 2.05) is 0 Å². The number of hydrogen-bond acceptors (Lipinski definition) is 2. The van der Waals surface area contributed by atoms with Gasteiger partial charge in [-0.2, -0.15) is 0 Å². The molecule has 1 aliphatic heterocycles. The van der Waals surface area contributed by atoms with E-state index in [1.165, 1.54) is 6.42 Å². The van der Waals surface area contributed by atoms with E-state index >= 15 is 0 Å². The van der Waals surface area contributed by atoms with Crippen LogP contribution in [0, 0.1) is 5.92 Å². The van der Waals surface area contributed by atoms with Crippen molar-refractivity contribution in [3.63, 3.8) is 0 Å². The first-order chi connectivity index (χ1) is 4.38. The average molecular weight is 146 g/mol. The molecule has 1 fully saturated rings. The highest BCUT2D eigenvalue weighted by molar-refractivity contribution is 6.66. The fraction of sp³-hybridized carbons (Fsp3) is 0.833. The van der Waals surface area contributed by atoms with Gasteiger partial charge in [-0.1, -0.05) is 16.8 Å². The number of fused-ring (bicyclic) bond motifs is 1. The monoisotopic (exact) mass is 145 g/mol. The van der Waals surface area contributed by atoms with Crippen LogP contribution in [0.25, 0.3) is 0 Å². The minimum atomic E-state index is 0.317. The second kappa shape index (κ2) is 1.87. The van der Waals surface area contributed by atoms with Crippen LogP contribution in [-0.2, 0) is 4.84 Å². The van der Waals surface area contributed by atoms with Gasteiger partial charge in [0.25, 0.3) is 0 Å². The van der Waals surface area contributed by atoms with Gasteiger partial charge in [-0.15, -0.1) is 0 Å². The molecule has 3 heteroatoms. The summed E-state index contributed by atoms with van der Waals surface area (Å²) in [7, 11) is 0. The Balaban J connectivity index is 2.16. The number of hydrogen-bond donors (Lipinski definition) is 0. The highest BCUT2D eigenvalue weighted by atomic mass is 35.5. The summed E-state index contributed by atoms with van der Waals surface area (Å²) in [5.41, 5.74) is 0. The lowest BCUT2D eigenvalue weighted by Gasteiger charge is -2.03. The third-order valence-electron chi connectivity index (χ3n) is 2.03. The number of oxime groups is 1. The van der Waals surface area contributed by atoms with Gasteiger partial charge in [0.1, 0.15) is 6.10 Å². The van der Waals surface area contributed by atoms with Crippen LogP contribution in [0.15, 0.2) is 5.16 Å². The van der Waals surface area contributed by atoms with Crippen molar-refractivity contribution < 1.29 is 4.84 Å². The van der Waals surface area contributed by atoms with Crippen LogP contribution in [0.1, 0.15) is 19.3 Å². The van der Waals surface area contributed by atoms with Gasteiger partial charge in [0.2, 0.25) is 0 Å². The Labute approximate surface area is 58.8 Å². The molecule has 2 atom stereocenters. The van der Waals surface area contributed by atoms with Gasteiger partial charge in [-0.3, -0.25) is 0 Å². The molecule has 0 spiro atoms. The smallest absolute Gasteiger partial charge is 0.152 e. The van der Waals surface area contributed by atoms with E-state index in [-0.39, 0.29) is 0 Å². The SMILES string of the molecule is ClC1=NOC2CCCC12. The van der Waals surface area contributed by atoms with Crippen LogP contribution >= 0.6 is 11.6 Å². The number of rotatable bonds is 0. The topological polar surface area (TPSA) is 21.6 Å². The summed E-state index contributed by atoms with van der Waals surface area (Å²) in [4.78, 5) is 5.05. The summed E-state index contributed by atoms with van der Waals surface area (Å²) in [5.74, 6) is 0.437. The Hall–Kier alpha value is -0.240. The minimum Gasteiger partial charge on any atom is -0.391 e. The van der Waals surface area contributed by atoms with Crippen molar-refractivity contribution in [1.82, 2.24) is 0 Å². The third kappa shape index (κ3) is 0.732. The molecule has 0 aromatic heterocycles. The lowest BCUT2D eigenvalue weighted by atomic mass is 10.1. The molecule has 1 heterocycles. The van der Waals surface area contributed by atoms with Gasteiger partial charge < -0.3 is 4.84 Å². The first kappa shape index (κ1) is 5.54. The first-order valence-corrected chi connectivity index (χ1v) is 3.65. The molecule has 2 rings (SSSR count). The zero-order valence-corrected chi connectivity index (χ0v) is 5.77. The quantitative estimate of drug-likeness (QED) is 0.509. The normalized spacial score (nSPS) is 39.9. The fourth-order valence-corrected chi connectivity index (χ4v) is 1.80. The van der Waals surface area contributed by atoms with Crippen LogP contribution in [0.3, 0.4) is 0 Å². The minimum absolute atomic E-state index is 0.317. The Morgan fingerprint density at radius 1 is 1.56 bits per heavy atom. The molecule has 2 nitrogen and oxygen atoms in total. The molecule has 0 amide bonds. The van der Waals surface area contributed by atoms with Crippen molar-refractivity contribution in [3.05, 3.63) is 0 Å². The van der Waals surface area contributed by atoms with Gasteiger partial charge in [0.05, 0.1) is 5.92 Å². The van der Waals surface area contributed by atoms with Crippen LogP contribution in [0.5, 0.6) is 0 Å². The fourth-order valence-electron chi connectivity index (χ4n) is 1.51. The van der Waals surface area contributed by atoms with E-state index in [1.54, 1.807) is 0 Å². The van der Waals surface area contributed by atoms with Crippen molar-refractivity contribution >= 4 is 16.8 Å². The van der Waals surface area contributed by atoms with E-state index in [2.05, 4.69) is 5.16 Å². The van der Waals surface area contributed by atoms with Crippen molar-refractivity contribution in [2.45, 2.75) is 25.4 Å². The molecule has 0 aromatic carbocycles. The summed E-state index contributed by atoms with van der Waals surface area (Å²) < 4.78 is 0. The Morgan fingerprint density at radius 2 is 2.44 bits per heavy atom. The largest absolute Gasteiger partial charge is 0.391 e. The molecule has 0 radical (unpaired) electrons. The summed E-state index contributed by atoms with van der Waals surface area (Å²) in [6, 6.07) is 0. The third-order valence-corrected chi connectivity index (χ3v) is 2.38. The molecule has 50 valence electrons. The molecule has 2 unspecified atom stereocenters. The molecule has 0 aromatic rings. The van der Waals surface area contributed by atoms with E-state index < -0.39 is 0 Å². The zero-order valence-electron chi connectivity index (χ0n) is 5.01. The molecule has 1 saturated carbocycles. The predicted octanol–water partition coefficient (Wildman–Crippen LogP) is 1.74. The second-order valence-corrected chi connectivity index (χ2v) is 2.98. The number of halogens is 1. The van der Waals surface area contributed by atoms with E-state index in [9.17, 15) is 0 Å². The summed E-state index contributed by atoms with van der Waals surface area (Å²) >= 11 is 5.74. The van der Waals surface area contributed by atoms with Crippen molar-refractivity contribution in [2.75, 3.05) is 0 Å². The predicted molar refractivity (Wildman–Crippen MR) is 35.5 cm³/mol. The Kier molecular flexibility index (Phi) is 1.15. The summed E-state index contributed by atoms with van der Waals surface area (Å²) in [6.45, 7) is 0. The van der Waals surface area contributed by atoms with Crippen molar-refractivity contribution in [2.24, 2.45) is 11.1 Å². The lowest BCUT2D eigenvalue weighted by Crippen LogP contribution is -2.12. The summed E-state index contributed by atoms with van der Waals surface area (Å²) in [6.07, 6.45) is 3.84. The Morgan fingerprint density at radius 3 is 3.22 bits per heavy atom. The van der Waals surface area contributed by atoms with E-state index in [4.69, 9.17) is 16.4 Å². The lowest BCUT2D eigenvalue weighted by molar-refractivity contribution is 0.0746. The molecule has 1 aliphatic carbocycles. The molecule has 0 bridgehead atoms. The van der Waals surface area contributed by atoms with E-state index in [0.29, 0.717) is 17.2 Å². The van der Waals surface area contributed by atoms with Crippen LogP contribution in [0.2, 0.25) is 0 Å². The average Bonchev–Trinajstić information content (AvgIpc) is 2.35. The van der Waals surface area contributed by atoms with E-state index in [0.717, 1.165) is 12.8 Å². The van der Waals surface area contributed by atoms with Gasteiger partial charge in [-0.05, 0) is 19.3 Å². The van der Waals surface area contributed by atoms with Gasteiger partial charge in [0.15, 0.2) is 5.17 Å². The Bertz CT molecular complexity index is 157. The maximum absolute atomic E-state index is 5.74. The van der Waals surface area contributed by atoms with Crippen molar-refractivity contribution in [3.8, 4) is 0 Å². The summed E-state index contributed by atoms with van der Waals surface area (Å²) in [5, 5.41) is 4.38. The molecular formula is C6H8ClNO. The zero-order chi connectivity index (χ0) is 6.27. The molecule has 2 aliphatic rings. The highest BCUT2D eigenvalue weighted by Gasteiger charge is 2.36. The molecule has 0 saturated heterocycles. The maximum atomic E-state index is 5.74. The molecule has 0 N–H and O–H groups in total. The first-order valence-electron chi connectivity index (χ1n) is 3.27. The van der Waals surface area contributed by atoms with Crippen LogP contribution < -0.4 is 0 Å². The standard InChI is InChI=1S/C6H8ClNO/c7-6-4-2-1-3-5(4)9-8-6/h4-5H,1-3H2. The van der Waals surface area contributed by atoms with Gasteiger partial charge >= 0.3 is 0 Å². The highest BCUT2D eigenvalue weighted by Crippen LogP contribution is 2.34. The number of nitrogens with zero attached hydrogens (tertiary/aromatic N) is 1. The maximum Gasteiger partial charge on any atom is 0.152 e. The van der Waals surface area contributed by atoms with Gasteiger partial charge in [0, 0.05) is 0 Å². The van der Waals surface area contributed by atoms with Crippen LogP contribution in [0.4, 0.5) is 0 Å². The second-order valence-electron chi connectivity index (χ2n) is 2.60.